The maximum atomic E-state index is 5.67. The largest absolute Gasteiger partial charge is 0.271 e. The number of hydrogen-bond acceptors (Lipinski definition) is 4. The van der Waals surface area contributed by atoms with E-state index in [9.17, 15) is 0 Å². The molecular formula is C12H16Br2N4S. The maximum Gasteiger partial charge on any atom is 0.0843 e. The summed E-state index contributed by atoms with van der Waals surface area (Å²) < 4.78 is 4.10. The summed E-state index contributed by atoms with van der Waals surface area (Å²) in [4.78, 5) is 1.18. The van der Waals surface area contributed by atoms with E-state index in [1.807, 2.05) is 16.9 Å². The van der Waals surface area contributed by atoms with Gasteiger partial charge in [-0.1, -0.05) is 0 Å². The first-order chi connectivity index (χ1) is 9.01. The van der Waals surface area contributed by atoms with E-state index >= 15 is 0 Å². The maximum absolute atomic E-state index is 5.67. The zero-order valence-corrected chi connectivity index (χ0v) is 14.7. The van der Waals surface area contributed by atoms with Crippen LogP contribution in [0.4, 0.5) is 0 Å². The third-order valence-corrected chi connectivity index (χ3v) is 6.18. The molecule has 2 heterocycles. The minimum Gasteiger partial charge on any atom is -0.271 e. The number of thiophene rings is 1. The molecule has 0 amide bonds. The van der Waals surface area contributed by atoms with Crippen molar-refractivity contribution in [2.24, 2.45) is 5.84 Å². The molecule has 7 heteroatoms. The first-order valence-corrected chi connectivity index (χ1v) is 8.36. The van der Waals surface area contributed by atoms with Crippen molar-refractivity contribution in [3.8, 4) is 0 Å². The summed E-state index contributed by atoms with van der Waals surface area (Å²) in [5.41, 5.74) is 3.90. The molecule has 0 aromatic carbocycles. The summed E-state index contributed by atoms with van der Waals surface area (Å²) in [6.07, 6.45) is 2.78. The van der Waals surface area contributed by atoms with Gasteiger partial charge in [-0.05, 0) is 57.8 Å². The average molecular weight is 408 g/mol. The highest BCUT2D eigenvalue weighted by Crippen LogP contribution is 2.36. The van der Waals surface area contributed by atoms with Crippen molar-refractivity contribution in [3.05, 3.63) is 37.2 Å². The van der Waals surface area contributed by atoms with Gasteiger partial charge in [-0.25, -0.2) is 0 Å². The predicted molar refractivity (Wildman–Crippen MR) is 86.1 cm³/mol. The summed E-state index contributed by atoms with van der Waals surface area (Å²) >= 11 is 8.67. The van der Waals surface area contributed by atoms with Crippen molar-refractivity contribution in [1.82, 2.24) is 15.2 Å². The number of hydrogen-bond donors (Lipinski definition) is 2. The van der Waals surface area contributed by atoms with Gasteiger partial charge in [0.05, 0.1) is 15.5 Å². The SMILES string of the molecule is CC(C)n1ccc(CC(NN)c2cc(Br)c(Br)s2)n1. The van der Waals surface area contributed by atoms with Gasteiger partial charge in [-0.15, -0.1) is 11.3 Å². The first-order valence-electron chi connectivity index (χ1n) is 5.96. The molecule has 2 rings (SSSR count). The highest BCUT2D eigenvalue weighted by Gasteiger charge is 2.16. The van der Waals surface area contributed by atoms with Gasteiger partial charge in [0.1, 0.15) is 0 Å². The fraction of sp³-hybridized carbons (Fsp3) is 0.417. The van der Waals surface area contributed by atoms with E-state index in [0.717, 1.165) is 20.4 Å². The molecule has 2 aromatic rings. The molecule has 2 aromatic heterocycles. The van der Waals surface area contributed by atoms with Gasteiger partial charge in [-0.2, -0.15) is 5.10 Å². The third kappa shape index (κ3) is 3.66. The Labute approximate surface area is 133 Å². The van der Waals surface area contributed by atoms with E-state index in [0.29, 0.717) is 6.04 Å². The van der Waals surface area contributed by atoms with Crippen molar-refractivity contribution in [3.63, 3.8) is 0 Å². The lowest BCUT2D eigenvalue weighted by molar-refractivity contribution is 0.509. The lowest BCUT2D eigenvalue weighted by atomic mass is 10.1. The Bertz CT molecular complexity index is 530. The van der Waals surface area contributed by atoms with E-state index in [4.69, 9.17) is 5.84 Å². The Morgan fingerprint density at radius 3 is 2.68 bits per heavy atom. The molecule has 0 saturated carbocycles. The molecule has 0 bridgehead atoms. The fourth-order valence-electron chi connectivity index (χ4n) is 1.76. The predicted octanol–water partition coefficient (Wildman–Crippen LogP) is 3.80. The van der Waals surface area contributed by atoms with Crippen molar-refractivity contribution in [1.29, 1.82) is 0 Å². The Kier molecular flexibility index (Phi) is 5.19. The molecule has 0 saturated heterocycles. The second kappa shape index (κ2) is 6.49. The molecule has 0 aliphatic heterocycles. The van der Waals surface area contributed by atoms with Gasteiger partial charge < -0.3 is 0 Å². The standard InChI is InChI=1S/C12H16Br2N4S/c1-7(2)18-4-3-8(17-18)5-10(16-15)11-6-9(13)12(14)19-11/h3-4,6-7,10,16H,5,15H2,1-2H3. The van der Waals surface area contributed by atoms with Gasteiger partial charge in [0.25, 0.3) is 0 Å². The van der Waals surface area contributed by atoms with E-state index in [1.54, 1.807) is 11.3 Å². The van der Waals surface area contributed by atoms with Crippen LogP contribution < -0.4 is 11.3 Å². The molecular weight excluding hydrogens is 392 g/mol. The number of rotatable bonds is 5. The topological polar surface area (TPSA) is 55.9 Å². The van der Waals surface area contributed by atoms with Crippen molar-refractivity contribution < 1.29 is 0 Å². The Balaban J connectivity index is 2.14. The van der Waals surface area contributed by atoms with Gasteiger partial charge in [0.2, 0.25) is 0 Å². The van der Waals surface area contributed by atoms with Crippen LogP contribution in [0.5, 0.6) is 0 Å². The summed E-state index contributed by atoms with van der Waals surface area (Å²) in [5.74, 6) is 5.67. The number of nitrogens with one attached hydrogen (secondary N) is 1. The molecule has 0 aliphatic carbocycles. The number of hydrazine groups is 1. The average Bonchev–Trinajstić information content (AvgIpc) is 2.94. The van der Waals surface area contributed by atoms with Crippen molar-refractivity contribution >= 4 is 43.2 Å². The molecule has 19 heavy (non-hydrogen) atoms. The fourth-order valence-corrected chi connectivity index (χ4v) is 3.91. The van der Waals surface area contributed by atoms with Crippen LogP contribution in [0.2, 0.25) is 0 Å². The highest BCUT2D eigenvalue weighted by molar-refractivity contribution is 9.13. The molecule has 104 valence electrons. The molecule has 3 N–H and O–H groups in total. The normalized spacial score (nSPS) is 13.2. The van der Waals surface area contributed by atoms with Gasteiger partial charge in [0.15, 0.2) is 0 Å². The Hall–Kier alpha value is -0.210. The Morgan fingerprint density at radius 2 is 2.21 bits per heavy atom. The van der Waals surface area contributed by atoms with Gasteiger partial charge >= 0.3 is 0 Å². The van der Waals surface area contributed by atoms with E-state index in [-0.39, 0.29) is 6.04 Å². The zero-order valence-electron chi connectivity index (χ0n) is 10.7. The number of nitrogens with zero attached hydrogens (tertiary/aromatic N) is 2. The van der Waals surface area contributed by atoms with Crippen molar-refractivity contribution in [2.75, 3.05) is 0 Å². The van der Waals surface area contributed by atoms with Crippen LogP contribution in [0.1, 0.15) is 36.5 Å². The first kappa shape index (κ1) is 15.2. The zero-order chi connectivity index (χ0) is 14.0. The minimum atomic E-state index is 0.0723. The molecule has 1 unspecified atom stereocenters. The van der Waals surface area contributed by atoms with Crippen LogP contribution in [0, 0.1) is 0 Å². The quantitative estimate of drug-likeness (QED) is 0.585. The van der Waals surface area contributed by atoms with E-state index < -0.39 is 0 Å². The molecule has 0 aliphatic rings. The molecule has 0 spiro atoms. The second-order valence-corrected chi connectivity index (χ2v) is 7.83. The number of halogens is 2. The van der Waals surface area contributed by atoms with Crippen LogP contribution in [-0.4, -0.2) is 9.78 Å². The number of aromatic nitrogens is 2. The molecule has 0 fully saturated rings. The van der Waals surface area contributed by atoms with Crippen LogP contribution >= 0.6 is 43.2 Å². The molecule has 0 radical (unpaired) electrons. The van der Waals surface area contributed by atoms with Crippen LogP contribution in [-0.2, 0) is 6.42 Å². The summed E-state index contributed by atoms with van der Waals surface area (Å²) in [5, 5.41) is 4.55. The number of nitrogens with two attached hydrogens (primary N) is 1. The Morgan fingerprint density at radius 1 is 1.47 bits per heavy atom. The third-order valence-electron chi connectivity index (χ3n) is 2.81. The van der Waals surface area contributed by atoms with Crippen LogP contribution in [0.3, 0.4) is 0 Å². The summed E-state index contributed by atoms with van der Waals surface area (Å²) in [7, 11) is 0. The minimum absolute atomic E-state index is 0.0723. The monoisotopic (exact) mass is 406 g/mol. The van der Waals surface area contributed by atoms with E-state index in [2.05, 4.69) is 62.3 Å². The smallest absolute Gasteiger partial charge is 0.0843 e. The summed E-state index contributed by atoms with van der Waals surface area (Å²) in [6.45, 7) is 4.23. The van der Waals surface area contributed by atoms with Gasteiger partial charge in [0, 0.05) is 28.0 Å². The summed E-state index contributed by atoms with van der Waals surface area (Å²) in [6, 6.07) is 4.58. The molecule has 4 nitrogen and oxygen atoms in total. The van der Waals surface area contributed by atoms with Crippen molar-refractivity contribution in [2.45, 2.75) is 32.4 Å². The second-order valence-electron chi connectivity index (χ2n) is 4.57. The van der Waals surface area contributed by atoms with E-state index in [1.165, 1.54) is 4.88 Å². The van der Waals surface area contributed by atoms with Gasteiger partial charge in [-0.3, -0.25) is 16.0 Å². The lowest BCUT2D eigenvalue weighted by Crippen LogP contribution is -2.29. The van der Waals surface area contributed by atoms with Crippen LogP contribution in [0.25, 0.3) is 0 Å². The lowest BCUT2D eigenvalue weighted by Gasteiger charge is -2.12. The van der Waals surface area contributed by atoms with Crippen LogP contribution in [0.15, 0.2) is 26.6 Å². The molecule has 1 atom stereocenters. The highest BCUT2D eigenvalue weighted by atomic mass is 79.9.